The highest BCUT2D eigenvalue weighted by Crippen LogP contribution is 2.33. The zero-order chi connectivity index (χ0) is 31.5. The molecule has 0 aromatic heterocycles. The lowest BCUT2D eigenvalue weighted by atomic mass is 9.91. The van der Waals surface area contributed by atoms with Crippen molar-refractivity contribution in [3.8, 4) is 0 Å². The first-order valence-corrected chi connectivity index (χ1v) is 16.5. The Balaban J connectivity index is 1.51. The molecule has 236 valence electrons. The number of carbonyl (C=O) groups excluding carboxylic acids is 2. The zero-order valence-electron chi connectivity index (χ0n) is 25.2. The molecule has 10 nitrogen and oxygen atoms in total. The minimum atomic E-state index is -3.53. The number of amides is 2. The molecule has 1 aliphatic carbocycles. The molecule has 5 atom stereocenters. The lowest BCUT2D eigenvalue weighted by molar-refractivity contribution is -0.131. The van der Waals surface area contributed by atoms with Gasteiger partial charge in [-0.3, -0.25) is 14.5 Å². The van der Waals surface area contributed by atoms with Crippen LogP contribution in [0.4, 0.5) is 4.39 Å². The van der Waals surface area contributed by atoms with Crippen LogP contribution in [0.5, 0.6) is 0 Å². The van der Waals surface area contributed by atoms with Gasteiger partial charge in [0.05, 0.1) is 24.5 Å². The number of aliphatic hydroxyl groups is 2. The van der Waals surface area contributed by atoms with Crippen LogP contribution in [-0.4, -0.2) is 95.9 Å². The molecule has 4 rings (SSSR count). The number of fused-ring (bicyclic) bond motifs is 1. The van der Waals surface area contributed by atoms with Crippen molar-refractivity contribution >= 4 is 21.8 Å². The second-order valence-electron chi connectivity index (χ2n) is 12.7. The average Bonchev–Trinajstić information content (AvgIpc) is 3.21. The summed E-state index contributed by atoms with van der Waals surface area (Å²) >= 11 is 0. The summed E-state index contributed by atoms with van der Waals surface area (Å²) in [6, 6.07) is 12.0. The molecule has 43 heavy (non-hydrogen) atoms. The number of sulfonamides is 1. The molecule has 4 N–H and O–H groups in total. The summed E-state index contributed by atoms with van der Waals surface area (Å²) < 4.78 is 39.8. The third-order valence-electron chi connectivity index (χ3n) is 7.98. The van der Waals surface area contributed by atoms with Crippen molar-refractivity contribution in [3.63, 3.8) is 0 Å². The molecule has 0 radical (unpaired) electrons. The summed E-state index contributed by atoms with van der Waals surface area (Å²) in [6.45, 7) is 5.93. The molecule has 1 saturated heterocycles. The lowest BCUT2D eigenvalue weighted by Gasteiger charge is -2.41. The number of halogens is 1. The first-order valence-electron chi connectivity index (χ1n) is 14.6. The molecule has 12 heteroatoms. The molecular formula is C31H43FN4O6S. The van der Waals surface area contributed by atoms with E-state index in [1.54, 1.807) is 11.0 Å². The van der Waals surface area contributed by atoms with Crippen LogP contribution in [0.2, 0.25) is 0 Å². The van der Waals surface area contributed by atoms with Gasteiger partial charge in [-0.15, -0.1) is 0 Å². The summed E-state index contributed by atoms with van der Waals surface area (Å²) in [6.07, 6.45) is -0.150. The Morgan fingerprint density at radius 3 is 2.47 bits per heavy atom. The maximum atomic E-state index is 14.0. The van der Waals surface area contributed by atoms with Gasteiger partial charge in [-0.2, -0.15) is 4.31 Å². The molecule has 0 bridgehead atoms. The van der Waals surface area contributed by atoms with E-state index in [2.05, 4.69) is 10.6 Å². The van der Waals surface area contributed by atoms with Crippen molar-refractivity contribution in [2.24, 2.45) is 5.92 Å². The number of hydrogen-bond acceptors (Lipinski definition) is 7. The second-order valence-corrected chi connectivity index (χ2v) is 14.7. The number of nitrogens with zero attached hydrogens (tertiary/aromatic N) is 2. The van der Waals surface area contributed by atoms with Gasteiger partial charge < -0.3 is 20.8 Å². The van der Waals surface area contributed by atoms with Crippen molar-refractivity contribution in [1.29, 1.82) is 0 Å². The van der Waals surface area contributed by atoms with Crippen molar-refractivity contribution < 1.29 is 32.6 Å². The van der Waals surface area contributed by atoms with Gasteiger partial charge in [-0.1, -0.05) is 36.4 Å². The maximum absolute atomic E-state index is 14.0. The molecule has 1 fully saturated rings. The van der Waals surface area contributed by atoms with Crippen LogP contribution in [0.25, 0.3) is 0 Å². The van der Waals surface area contributed by atoms with Crippen LogP contribution < -0.4 is 10.6 Å². The van der Waals surface area contributed by atoms with E-state index in [0.717, 1.165) is 17.4 Å². The van der Waals surface area contributed by atoms with Crippen LogP contribution in [0.1, 0.15) is 49.9 Å². The minimum Gasteiger partial charge on any atom is -0.392 e. The van der Waals surface area contributed by atoms with Crippen LogP contribution in [0.15, 0.2) is 48.5 Å². The zero-order valence-corrected chi connectivity index (χ0v) is 26.0. The van der Waals surface area contributed by atoms with Gasteiger partial charge in [0, 0.05) is 44.1 Å². The Kier molecular flexibility index (Phi) is 10.3. The largest absolute Gasteiger partial charge is 0.392 e. The average molecular weight is 619 g/mol. The molecule has 1 aliphatic heterocycles. The Morgan fingerprint density at radius 2 is 1.81 bits per heavy atom. The first kappa shape index (κ1) is 33.0. The van der Waals surface area contributed by atoms with Crippen LogP contribution in [-0.2, 0) is 32.5 Å². The van der Waals surface area contributed by atoms with E-state index in [1.165, 1.54) is 16.4 Å². The first-order chi connectivity index (χ1) is 20.1. The molecule has 2 aromatic carbocycles. The molecule has 2 amide bonds. The molecule has 2 aromatic rings. The fraction of sp³-hybridized carbons (Fsp3) is 0.548. The molecule has 0 unspecified atom stereocenters. The van der Waals surface area contributed by atoms with E-state index in [0.29, 0.717) is 18.4 Å². The number of nitrogens with one attached hydrogen (secondary N) is 2. The van der Waals surface area contributed by atoms with E-state index in [-0.39, 0.29) is 44.4 Å². The Bertz CT molecular complexity index is 1400. The predicted molar refractivity (Wildman–Crippen MR) is 161 cm³/mol. The van der Waals surface area contributed by atoms with E-state index in [9.17, 15) is 32.6 Å². The number of rotatable bonds is 10. The second kappa shape index (κ2) is 13.4. The van der Waals surface area contributed by atoms with Gasteiger partial charge in [0.25, 0.3) is 0 Å². The van der Waals surface area contributed by atoms with E-state index in [4.69, 9.17) is 0 Å². The predicted octanol–water partition coefficient (Wildman–Crippen LogP) is 1.37. The smallest absolute Gasteiger partial charge is 0.239 e. The molecule has 1 heterocycles. The van der Waals surface area contributed by atoms with Crippen molar-refractivity contribution in [1.82, 2.24) is 19.8 Å². The quantitative estimate of drug-likeness (QED) is 0.316. The van der Waals surface area contributed by atoms with Gasteiger partial charge in [0.1, 0.15) is 11.9 Å². The number of carbonyl (C=O) groups is 2. The summed E-state index contributed by atoms with van der Waals surface area (Å²) in [5, 5.41) is 27.8. The maximum Gasteiger partial charge on any atom is 0.239 e. The SMILES string of the molecule is CC(C)(C)NC(=O)[C@@H]1CN(S(C)(=O)=O)CCN1C[C@@H](O)C[C@@H](Cc1ccccc1)C(=O)N[C@H]1c2cc(F)ccc2C[C@H]1O. The number of β-amino-alcohol motifs (C(OH)–C–C–N with tert-alkyl or cyclic N) is 1. The third-order valence-corrected chi connectivity index (χ3v) is 9.25. The fourth-order valence-corrected chi connectivity index (χ4v) is 6.73. The number of piperazine rings is 1. The monoisotopic (exact) mass is 618 g/mol. The summed E-state index contributed by atoms with van der Waals surface area (Å²) in [5.41, 5.74) is 1.65. The van der Waals surface area contributed by atoms with Gasteiger partial charge in [0.15, 0.2) is 0 Å². The van der Waals surface area contributed by atoms with Crippen molar-refractivity contribution in [3.05, 3.63) is 71.0 Å². The molecular weight excluding hydrogens is 575 g/mol. The van der Waals surface area contributed by atoms with E-state index in [1.807, 2.05) is 51.1 Å². The normalized spacial score (nSPS) is 22.9. The van der Waals surface area contributed by atoms with Crippen molar-refractivity contribution in [2.45, 2.75) is 69.9 Å². The van der Waals surface area contributed by atoms with Gasteiger partial charge in [-0.25, -0.2) is 12.8 Å². The number of aliphatic hydroxyl groups excluding tert-OH is 2. The van der Waals surface area contributed by atoms with E-state index < -0.39 is 51.6 Å². The van der Waals surface area contributed by atoms with E-state index >= 15 is 0 Å². The Morgan fingerprint density at radius 1 is 1.12 bits per heavy atom. The third kappa shape index (κ3) is 8.82. The molecule has 0 spiro atoms. The summed E-state index contributed by atoms with van der Waals surface area (Å²) in [5.74, 6) is -1.87. The molecule has 0 saturated carbocycles. The highest BCUT2D eigenvalue weighted by Gasteiger charge is 2.39. The summed E-state index contributed by atoms with van der Waals surface area (Å²) in [7, 11) is -3.53. The number of benzene rings is 2. The fourth-order valence-electron chi connectivity index (χ4n) is 5.91. The van der Waals surface area contributed by atoms with Gasteiger partial charge in [-0.05, 0) is 62.4 Å². The van der Waals surface area contributed by atoms with Crippen LogP contribution in [0.3, 0.4) is 0 Å². The highest BCUT2D eigenvalue weighted by molar-refractivity contribution is 7.88. The summed E-state index contributed by atoms with van der Waals surface area (Å²) in [4.78, 5) is 28.7. The highest BCUT2D eigenvalue weighted by atomic mass is 32.2. The topological polar surface area (TPSA) is 139 Å². The Labute approximate surface area is 253 Å². The van der Waals surface area contributed by atoms with Gasteiger partial charge >= 0.3 is 0 Å². The Hall–Kier alpha value is -2.90. The van der Waals surface area contributed by atoms with Crippen LogP contribution in [0, 0.1) is 11.7 Å². The standard InChI is InChI=1S/C31H43FN4O6S/c1-31(2,3)34-30(40)26-19-36(43(4,41)42)13-12-35(26)18-24(37)15-22(14-20-8-6-5-7-9-20)29(39)33-28-25-17-23(32)11-10-21(25)16-27(28)38/h5-11,17,22,24,26-28,37-38H,12-16,18-19H2,1-4H3,(H,33,39)(H,34,40)/t22-,24+,26+,27-,28+/m1/s1. The number of hydrogen-bond donors (Lipinski definition) is 4. The minimum absolute atomic E-state index is 0.0447. The van der Waals surface area contributed by atoms with Gasteiger partial charge in [0.2, 0.25) is 21.8 Å². The van der Waals surface area contributed by atoms with Crippen molar-refractivity contribution in [2.75, 3.05) is 32.4 Å². The lowest BCUT2D eigenvalue weighted by Crippen LogP contribution is -2.62. The van der Waals surface area contributed by atoms with Crippen LogP contribution >= 0.6 is 0 Å². The molecule has 2 aliphatic rings.